The molecule has 0 spiro atoms. The Kier molecular flexibility index (Phi) is 5.25. The summed E-state index contributed by atoms with van der Waals surface area (Å²) >= 11 is 6.08. The molecule has 1 aromatic carbocycles. The SMILES string of the molecule is O=S(=O)(c1ccc(NC2CCCOc3cc(Cl)ccc32)nc1)N1CCCC1. The Morgan fingerprint density at radius 3 is 2.70 bits per heavy atom. The van der Waals surface area contributed by atoms with Crippen LogP contribution in [0.15, 0.2) is 41.4 Å². The van der Waals surface area contributed by atoms with Crippen molar-refractivity contribution in [2.24, 2.45) is 0 Å². The lowest BCUT2D eigenvalue weighted by atomic mass is 10.0. The lowest BCUT2D eigenvalue weighted by Gasteiger charge is -2.20. The molecular weight excluding hydrogens is 386 g/mol. The van der Waals surface area contributed by atoms with Gasteiger partial charge in [0.25, 0.3) is 0 Å². The molecule has 0 bridgehead atoms. The number of sulfonamides is 1. The second kappa shape index (κ2) is 7.66. The van der Waals surface area contributed by atoms with Gasteiger partial charge in [0.2, 0.25) is 10.0 Å². The Morgan fingerprint density at radius 1 is 1.15 bits per heavy atom. The Hall–Kier alpha value is -1.83. The summed E-state index contributed by atoms with van der Waals surface area (Å²) in [5.41, 5.74) is 1.03. The highest BCUT2D eigenvalue weighted by atomic mass is 35.5. The van der Waals surface area contributed by atoms with Crippen molar-refractivity contribution in [1.82, 2.24) is 9.29 Å². The molecule has 4 rings (SSSR count). The predicted molar refractivity (Wildman–Crippen MR) is 105 cm³/mol. The highest BCUT2D eigenvalue weighted by molar-refractivity contribution is 7.89. The van der Waals surface area contributed by atoms with Crippen LogP contribution in [-0.4, -0.2) is 37.4 Å². The molecule has 0 aliphatic carbocycles. The molecule has 2 aliphatic rings. The lowest BCUT2D eigenvalue weighted by Crippen LogP contribution is -2.28. The molecule has 2 aliphatic heterocycles. The standard InChI is InChI=1S/C19H22ClN3O3S/c20-14-5-7-16-17(4-3-11-26-18(16)12-14)22-19-8-6-15(13-21-19)27(24,25)23-9-1-2-10-23/h5-8,12-13,17H,1-4,9-11H2,(H,21,22). The molecule has 1 aromatic heterocycles. The number of nitrogens with zero attached hydrogens (tertiary/aromatic N) is 2. The number of fused-ring (bicyclic) bond motifs is 1. The maximum absolute atomic E-state index is 12.6. The van der Waals surface area contributed by atoms with E-state index >= 15 is 0 Å². The number of ether oxygens (including phenoxy) is 1. The Morgan fingerprint density at radius 2 is 1.96 bits per heavy atom. The number of halogens is 1. The third-order valence-corrected chi connectivity index (χ3v) is 7.12. The summed E-state index contributed by atoms with van der Waals surface area (Å²) in [6.07, 6.45) is 5.07. The quantitative estimate of drug-likeness (QED) is 0.833. The predicted octanol–water partition coefficient (Wildman–Crippen LogP) is 3.85. The minimum Gasteiger partial charge on any atom is -0.493 e. The molecule has 1 unspecified atom stereocenters. The van der Waals surface area contributed by atoms with Gasteiger partial charge >= 0.3 is 0 Å². The van der Waals surface area contributed by atoms with E-state index in [2.05, 4.69) is 10.3 Å². The molecule has 3 heterocycles. The summed E-state index contributed by atoms with van der Waals surface area (Å²) < 4.78 is 32.5. The van der Waals surface area contributed by atoms with Gasteiger partial charge in [-0.3, -0.25) is 0 Å². The molecule has 8 heteroatoms. The fourth-order valence-corrected chi connectivity index (χ4v) is 5.20. The maximum atomic E-state index is 12.6. The van der Waals surface area contributed by atoms with Crippen LogP contribution < -0.4 is 10.1 Å². The van der Waals surface area contributed by atoms with Crippen molar-refractivity contribution in [2.75, 3.05) is 25.0 Å². The van der Waals surface area contributed by atoms with E-state index in [1.165, 1.54) is 10.5 Å². The zero-order chi connectivity index (χ0) is 18.9. The highest BCUT2D eigenvalue weighted by Gasteiger charge is 2.27. The zero-order valence-electron chi connectivity index (χ0n) is 14.9. The van der Waals surface area contributed by atoms with Crippen LogP contribution in [0.1, 0.15) is 37.3 Å². The van der Waals surface area contributed by atoms with E-state index in [9.17, 15) is 8.42 Å². The minimum absolute atomic E-state index is 0.0355. The first-order valence-corrected chi connectivity index (χ1v) is 11.0. The van der Waals surface area contributed by atoms with Crippen LogP contribution in [0.25, 0.3) is 0 Å². The second-order valence-corrected chi connectivity index (χ2v) is 9.23. The third-order valence-electron chi connectivity index (χ3n) is 5.01. The summed E-state index contributed by atoms with van der Waals surface area (Å²) in [4.78, 5) is 4.59. The molecule has 2 aromatic rings. The van der Waals surface area contributed by atoms with Crippen LogP contribution in [0.2, 0.25) is 5.02 Å². The molecule has 27 heavy (non-hydrogen) atoms. The van der Waals surface area contributed by atoms with Crippen LogP contribution in [0.3, 0.4) is 0 Å². The highest BCUT2D eigenvalue weighted by Crippen LogP contribution is 2.35. The van der Waals surface area contributed by atoms with Gasteiger partial charge in [0, 0.05) is 29.9 Å². The van der Waals surface area contributed by atoms with E-state index in [1.807, 2.05) is 18.2 Å². The van der Waals surface area contributed by atoms with Gasteiger partial charge in [0.1, 0.15) is 16.5 Å². The Balaban J connectivity index is 1.54. The van der Waals surface area contributed by atoms with Crippen LogP contribution in [0, 0.1) is 0 Å². The maximum Gasteiger partial charge on any atom is 0.244 e. The molecule has 1 atom stereocenters. The van der Waals surface area contributed by atoms with E-state index in [0.717, 1.165) is 37.0 Å². The molecule has 1 fully saturated rings. The first-order chi connectivity index (χ1) is 13.0. The number of nitrogens with one attached hydrogen (secondary N) is 1. The van der Waals surface area contributed by atoms with Crippen molar-refractivity contribution in [3.8, 4) is 5.75 Å². The number of pyridine rings is 1. The molecule has 0 radical (unpaired) electrons. The summed E-state index contributed by atoms with van der Waals surface area (Å²) in [6.45, 7) is 1.82. The van der Waals surface area contributed by atoms with E-state index in [4.69, 9.17) is 16.3 Å². The first-order valence-electron chi connectivity index (χ1n) is 9.19. The average Bonchev–Trinajstić information content (AvgIpc) is 3.14. The van der Waals surface area contributed by atoms with E-state index in [-0.39, 0.29) is 10.9 Å². The fraction of sp³-hybridized carbons (Fsp3) is 0.421. The Bertz CT molecular complexity index is 912. The lowest BCUT2D eigenvalue weighted by molar-refractivity contribution is 0.316. The smallest absolute Gasteiger partial charge is 0.244 e. The first kappa shape index (κ1) is 18.5. The normalized spacial score (nSPS) is 20.6. The van der Waals surface area contributed by atoms with Gasteiger partial charge in [-0.25, -0.2) is 13.4 Å². The summed E-state index contributed by atoms with van der Waals surface area (Å²) in [5.74, 6) is 1.42. The van der Waals surface area contributed by atoms with Crippen LogP contribution in [0.4, 0.5) is 5.82 Å². The van der Waals surface area contributed by atoms with Crippen LogP contribution in [0.5, 0.6) is 5.75 Å². The minimum atomic E-state index is -3.44. The van der Waals surface area contributed by atoms with Crippen molar-refractivity contribution in [1.29, 1.82) is 0 Å². The number of hydrogen-bond donors (Lipinski definition) is 1. The summed E-state index contributed by atoms with van der Waals surface area (Å²) in [6, 6.07) is 9.03. The fourth-order valence-electron chi connectivity index (χ4n) is 3.57. The molecule has 1 N–H and O–H groups in total. The molecule has 6 nitrogen and oxygen atoms in total. The average molecular weight is 408 g/mol. The zero-order valence-corrected chi connectivity index (χ0v) is 16.5. The van der Waals surface area contributed by atoms with E-state index in [1.54, 1.807) is 12.1 Å². The molecule has 0 amide bonds. The van der Waals surface area contributed by atoms with E-state index in [0.29, 0.717) is 30.5 Å². The van der Waals surface area contributed by atoms with Gasteiger partial charge in [-0.2, -0.15) is 4.31 Å². The number of hydrogen-bond acceptors (Lipinski definition) is 5. The molecule has 0 saturated carbocycles. The molecular formula is C19H22ClN3O3S. The van der Waals surface area contributed by atoms with Gasteiger partial charge in [0.05, 0.1) is 12.6 Å². The molecule has 1 saturated heterocycles. The van der Waals surface area contributed by atoms with Crippen molar-refractivity contribution in [3.05, 3.63) is 47.1 Å². The van der Waals surface area contributed by atoms with Crippen LogP contribution in [-0.2, 0) is 10.0 Å². The van der Waals surface area contributed by atoms with Crippen LogP contribution >= 0.6 is 11.6 Å². The summed E-state index contributed by atoms with van der Waals surface area (Å²) in [5, 5.41) is 4.04. The van der Waals surface area contributed by atoms with Gasteiger partial charge in [-0.15, -0.1) is 0 Å². The van der Waals surface area contributed by atoms with Crippen molar-refractivity contribution in [3.63, 3.8) is 0 Å². The van der Waals surface area contributed by atoms with Crippen molar-refractivity contribution >= 4 is 27.4 Å². The largest absolute Gasteiger partial charge is 0.493 e. The van der Waals surface area contributed by atoms with Gasteiger partial charge in [-0.05, 0) is 49.9 Å². The molecule has 144 valence electrons. The van der Waals surface area contributed by atoms with E-state index < -0.39 is 10.0 Å². The van der Waals surface area contributed by atoms with Gasteiger partial charge < -0.3 is 10.1 Å². The number of rotatable bonds is 4. The number of anilines is 1. The second-order valence-electron chi connectivity index (χ2n) is 6.86. The Labute approximate surface area is 164 Å². The number of aromatic nitrogens is 1. The van der Waals surface area contributed by atoms with Gasteiger partial charge in [0.15, 0.2) is 0 Å². The summed E-state index contributed by atoms with van der Waals surface area (Å²) in [7, 11) is -3.44. The van der Waals surface area contributed by atoms with Crippen molar-refractivity contribution in [2.45, 2.75) is 36.6 Å². The monoisotopic (exact) mass is 407 g/mol. The van der Waals surface area contributed by atoms with Crippen molar-refractivity contribution < 1.29 is 13.2 Å². The topological polar surface area (TPSA) is 71.5 Å². The van der Waals surface area contributed by atoms with Gasteiger partial charge in [-0.1, -0.05) is 17.7 Å². The number of benzene rings is 1. The third kappa shape index (κ3) is 3.90.